The molecule has 0 saturated carbocycles. The second-order valence-electron chi connectivity index (χ2n) is 2.00. The molecule has 8 heavy (non-hydrogen) atoms. The lowest BCUT2D eigenvalue weighted by Gasteiger charge is -2.19. The Morgan fingerprint density at radius 3 is 1.88 bits per heavy atom. The van der Waals surface area contributed by atoms with Crippen LogP contribution in [0.25, 0.3) is 0 Å². The van der Waals surface area contributed by atoms with Gasteiger partial charge in [-0.2, -0.15) is 0 Å². The van der Waals surface area contributed by atoms with Gasteiger partial charge in [-0.15, -0.1) is 0 Å². The summed E-state index contributed by atoms with van der Waals surface area (Å²) in [6.07, 6.45) is 0. The van der Waals surface area contributed by atoms with Crippen LogP contribution >= 0.6 is 23.2 Å². The van der Waals surface area contributed by atoms with Gasteiger partial charge in [0.25, 0.3) is 0 Å². The second-order valence-corrected chi connectivity index (χ2v) is 3.10. The topological polar surface area (TPSA) is 32.3 Å². The molecule has 2 N–H and O–H groups in total. The maximum atomic E-state index is 8.91. The summed E-state index contributed by atoms with van der Waals surface area (Å²) in [5, 5.41) is 11.4. The first-order valence-electron chi connectivity index (χ1n) is 2.20. The molecule has 0 atom stereocenters. The lowest BCUT2D eigenvalue weighted by Crippen LogP contribution is -2.41. The third kappa shape index (κ3) is 6.50. The van der Waals surface area contributed by atoms with Crippen LogP contribution in [0.1, 0.15) is 13.8 Å². The summed E-state index contributed by atoms with van der Waals surface area (Å²) < 4.78 is 0. The highest BCUT2D eigenvalue weighted by molar-refractivity contribution is 6.43. The van der Waals surface area contributed by atoms with Crippen LogP contribution in [0.4, 0.5) is 0 Å². The highest BCUT2D eigenvalue weighted by Crippen LogP contribution is 2.03. The van der Waals surface area contributed by atoms with E-state index in [0.717, 1.165) is 0 Å². The predicted octanol–water partition coefficient (Wildman–Crippen LogP) is 1.07. The predicted molar refractivity (Wildman–Crippen MR) is 34.9 cm³/mol. The van der Waals surface area contributed by atoms with E-state index in [2.05, 4.69) is 5.32 Å². The zero-order valence-corrected chi connectivity index (χ0v) is 6.29. The minimum absolute atomic E-state index is 0.713. The molecule has 0 aliphatic heterocycles. The molecule has 0 heterocycles. The summed E-state index contributed by atoms with van der Waals surface area (Å²) in [4.78, 5) is -0.713. The highest BCUT2D eigenvalue weighted by Gasteiger charge is 2.13. The van der Waals surface area contributed by atoms with Gasteiger partial charge in [-0.05, 0) is 13.8 Å². The van der Waals surface area contributed by atoms with Crippen LogP contribution in [0, 0.1) is 0 Å². The fraction of sp³-hybridized carbons (Fsp3) is 1.00. The van der Waals surface area contributed by atoms with Gasteiger partial charge < -0.3 is 5.11 Å². The first-order valence-corrected chi connectivity index (χ1v) is 3.07. The van der Waals surface area contributed by atoms with Crippen molar-refractivity contribution < 1.29 is 5.11 Å². The van der Waals surface area contributed by atoms with Crippen LogP contribution in [0.2, 0.25) is 0 Å². The number of rotatable bonds is 2. The summed E-state index contributed by atoms with van der Waals surface area (Å²) in [7, 11) is 0. The Bertz CT molecular complexity index is 68.9. The van der Waals surface area contributed by atoms with Crippen molar-refractivity contribution in [3.63, 3.8) is 0 Å². The molecular weight excluding hydrogens is 149 g/mol. The van der Waals surface area contributed by atoms with E-state index in [9.17, 15) is 0 Å². The highest BCUT2D eigenvalue weighted by atomic mass is 35.5. The molecule has 0 spiro atoms. The quantitative estimate of drug-likeness (QED) is 0.358. The molecule has 0 aliphatic rings. The third-order valence-corrected chi connectivity index (χ3v) is 0.681. The lowest BCUT2D eigenvalue weighted by atomic mass is 10.3. The van der Waals surface area contributed by atoms with Crippen molar-refractivity contribution >= 4 is 23.2 Å². The summed E-state index contributed by atoms with van der Waals surface area (Å²) >= 11 is 10.5. The van der Waals surface area contributed by atoms with Crippen LogP contribution < -0.4 is 5.32 Å². The largest absolute Gasteiger partial charge is 0.376 e. The summed E-state index contributed by atoms with van der Waals surface area (Å²) in [5.41, 5.74) is -0.992. The van der Waals surface area contributed by atoms with E-state index in [1.54, 1.807) is 13.8 Å². The molecule has 0 radical (unpaired) electrons. The molecule has 4 heteroatoms. The molecule has 0 aromatic heterocycles. The Morgan fingerprint density at radius 1 is 1.50 bits per heavy atom. The van der Waals surface area contributed by atoms with Gasteiger partial charge in [-0.1, -0.05) is 23.2 Å². The van der Waals surface area contributed by atoms with E-state index in [1.165, 1.54) is 0 Å². The van der Waals surface area contributed by atoms with Crippen molar-refractivity contribution in [1.29, 1.82) is 0 Å². The standard InChI is InChI=1S/C4H9Cl2NO/c1-4(2,8)7-3(5)6/h3,7-8H,1-2H3. The van der Waals surface area contributed by atoms with E-state index >= 15 is 0 Å². The number of nitrogens with one attached hydrogen (secondary N) is 1. The zero-order chi connectivity index (χ0) is 6.78. The van der Waals surface area contributed by atoms with E-state index in [1.807, 2.05) is 0 Å². The summed E-state index contributed by atoms with van der Waals surface area (Å²) in [6, 6.07) is 0. The maximum absolute atomic E-state index is 8.91. The number of halogens is 2. The average Bonchev–Trinajstić information content (AvgIpc) is 1.21. The fourth-order valence-electron chi connectivity index (χ4n) is 0.267. The van der Waals surface area contributed by atoms with Crippen LogP contribution in [-0.2, 0) is 0 Å². The number of alkyl halides is 2. The minimum atomic E-state index is -0.992. The molecule has 0 rings (SSSR count). The molecule has 50 valence electrons. The van der Waals surface area contributed by atoms with Crippen molar-refractivity contribution in [1.82, 2.24) is 5.32 Å². The smallest absolute Gasteiger partial charge is 0.160 e. The van der Waals surface area contributed by atoms with Crippen molar-refractivity contribution in [2.24, 2.45) is 0 Å². The van der Waals surface area contributed by atoms with Crippen LogP contribution in [0.15, 0.2) is 0 Å². The van der Waals surface area contributed by atoms with Gasteiger partial charge in [0, 0.05) is 0 Å². The first-order chi connectivity index (χ1) is 3.42. The molecular formula is C4H9Cl2NO. The molecule has 2 nitrogen and oxygen atoms in total. The Labute approximate surface area is 58.8 Å². The number of hydrogen-bond acceptors (Lipinski definition) is 2. The summed E-state index contributed by atoms with van der Waals surface area (Å²) in [6.45, 7) is 3.12. The number of hydrogen-bond donors (Lipinski definition) is 2. The third-order valence-electron chi connectivity index (χ3n) is 0.462. The van der Waals surface area contributed by atoms with Gasteiger partial charge in [0.15, 0.2) is 4.96 Å². The SMILES string of the molecule is CC(C)(O)NC(Cl)Cl. The van der Waals surface area contributed by atoms with Crippen molar-refractivity contribution in [3.05, 3.63) is 0 Å². The van der Waals surface area contributed by atoms with Crippen molar-refractivity contribution in [2.75, 3.05) is 0 Å². The average molecular weight is 158 g/mol. The first kappa shape index (κ1) is 8.50. The fourth-order valence-corrected chi connectivity index (χ4v) is 0.801. The monoisotopic (exact) mass is 157 g/mol. The Kier molecular flexibility index (Phi) is 3.05. The van der Waals surface area contributed by atoms with E-state index in [-0.39, 0.29) is 0 Å². The van der Waals surface area contributed by atoms with Gasteiger partial charge >= 0.3 is 0 Å². The van der Waals surface area contributed by atoms with Gasteiger partial charge in [-0.25, -0.2) is 0 Å². The molecule has 0 bridgehead atoms. The Hall–Kier alpha value is 0.500. The lowest BCUT2D eigenvalue weighted by molar-refractivity contribution is 0.0465. The van der Waals surface area contributed by atoms with Crippen LogP contribution in [0.3, 0.4) is 0 Å². The van der Waals surface area contributed by atoms with E-state index in [0.29, 0.717) is 0 Å². The maximum Gasteiger partial charge on any atom is 0.160 e. The second kappa shape index (κ2) is 2.87. The minimum Gasteiger partial charge on any atom is -0.376 e. The van der Waals surface area contributed by atoms with Gasteiger partial charge in [0.1, 0.15) is 5.72 Å². The number of aliphatic hydroxyl groups is 1. The molecule has 0 unspecified atom stereocenters. The summed E-state index contributed by atoms with van der Waals surface area (Å²) in [5.74, 6) is 0. The molecule has 0 aromatic rings. The zero-order valence-electron chi connectivity index (χ0n) is 4.78. The van der Waals surface area contributed by atoms with Crippen molar-refractivity contribution in [3.8, 4) is 0 Å². The van der Waals surface area contributed by atoms with Crippen LogP contribution in [-0.4, -0.2) is 15.8 Å². The normalized spacial score (nSPS) is 12.8. The molecule has 0 fully saturated rings. The molecule has 0 aliphatic carbocycles. The van der Waals surface area contributed by atoms with Crippen molar-refractivity contribution in [2.45, 2.75) is 24.5 Å². The Morgan fingerprint density at radius 2 is 1.88 bits per heavy atom. The van der Waals surface area contributed by atoms with Crippen LogP contribution in [0.5, 0.6) is 0 Å². The molecule has 0 amide bonds. The van der Waals surface area contributed by atoms with Gasteiger partial charge in [0.05, 0.1) is 0 Å². The Balaban J connectivity index is 3.39. The van der Waals surface area contributed by atoms with Gasteiger partial charge in [-0.3, -0.25) is 5.32 Å². The van der Waals surface area contributed by atoms with Gasteiger partial charge in [0.2, 0.25) is 0 Å². The molecule has 0 aromatic carbocycles. The molecule has 0 saturated heterocycles. The van der Waals surface area contributed by atoms with E-state index in [4.69, 9.17) is 28.3 Å². The van der Waals surface area contributed by atoms with E-state index < -0.39 is 10.7 Å².